The van der Waals surface area contributed by atoms with Crippen LogP contribution in [0.1, 0.15) is 64.7 Å². The minimum atomic E-state index is -0.487. The van der Waals surface area contributed by atoms with E-state index in [1.807, 2.05) is 12.1 Å². The highest BCUT2D eigenvalue weighted by atomic mass is 16.7. The van der Waals surface area contributed by atoms with E-state index in [0.29, 0.717) is 29.3 Å². The maximum absolute atomic E-state index is 10.3. The molecule has 1 aromatic rings. The van der Waals surface area contributed by atoms with Crippen molar-refractivity contribution in [2.45, 2.75) is 65.3 Å². The van der Waals surface area contributed by atoms with Gasteiger partial charge in [0, 0.05) is 17.5 Å². The highest BCUT2D eigenvalue weighted by Gasteiger charge is 2.56. The number of fused-ring (bicyclic) bond motifs is 3. The second-order valence-corrected chi connectivity index (χ2v) is 9.35. The minimum absolute atomic E-state index is 0.173. The molecular formula is C22H32O4. The predicted molar refractivity (Wildman–Crippen MR) is 100 cm³/mol. The molecule has 1 aliphatic heterocycles. The summed E-state index contributed by atoms with van der Waals surface area (Å²) in [6.45, 7) is 8.06. The molecule has 0 radical (unpaired) electrons. The van der Waals surface area contributed by atoms with Crippen molar-refractivity contribution >= 4 is 0 Å². The lowest BCUT2D eigenvalue weighted by Gasteiger charge is -2.60. The summed E-state index contributed by atoms with van der Waals surface area (Å²) in [6, 6.07) is 5.31. The lowest BCUT2D eigenvalue weighted by Crippen LogP contribution is -2.56. The molecule has 0 amide bonds. The maximum atomic E-state index is 10.3. The molecule has 1 aromatic carbocycles. The number of hydrogen-bond acceptors (Lipinski definition) is 4. The Hall–Kier alpha value is -1.26. The highest BCUT2D eigenvalue weighted by molar-refractivity contribution is 5.40. The van der Waals surface area contributed by atoms with Gasteiger partial charge >= 0.3 is 0 Å². The molecule has 1 unspecified atom stereocenters. The van der Waals surface area contributed by atoms with Crippen molar-refractivity contribution < 1.29 is 19.3 Å². The molecule has 144 valence electrons. The standard InChI is InChI=1S/C22H32O4/c1-21(2)10-5-11-22(3)16-13-25-20(26-18(16)8-9-19(21)22)15-7-6-14(24-4)12-17(15)23/h6-7,12,16,18-20,23H,5,8-11,13H2,1-4H3/t16-,18+,19?,20-,22+/m0/s1. The number of phenols is 1. The Kier molecular flexibility index (Phi) is 4.47. The van der Waals surface area contributed by atoms with E-state index in [2.05, 4.69) is 20.8 Å². The molecule has 1 saturated heterocycles. The Morgan fingerprint density at radius 3 is 2.69 bits per heavy atom. The summed E-state index contributed by atoms with van der Waals surface area (Å²) < 4.78 is 17.7. The summed E-state index contributed by atoms with van der Waals surface area (Å²) in [6.07, 6.45) is 5.94. The summed E-state index contributed by atoms with van der Waals surface area (Å²) in [5.74, 6) is 1.99. The molecule has 5 atom stereocenters. The topological polar surface area (TPSA) is 47.9 Å². The van der Waals surface area contributed by atoms with Crippen LogP contribution in [-0.4, -0.2) is 24.9 Å². The van der Waals surface area contributed by atoms with Crippen LogP contribution < -0.4 is 4.74 Å². The first-order valence-electron chi connectivity index (χ1n) is 9.99. The lowest BCUT2D eigenvalue weighted by molar-refractivity contribution is -0.286. The molecule has 0 aromatic heterocycles. The van der Waals surface area contributed by atoms with Crippen molar-refractivity contribution in [3.8, 4) is 11.5 Å². The fourth-order valence-electron chi connectivity index (χ4n) is 6.15. The van der Waals surface area contributed by atoms with E-state index in [-0.39, 0.29) is 17.3 Å². The second-order valence-electron chi connectivity index (χ2n) is 9.35. The van der Waals surface area contributed by atoms with Gasteiger partial charge in [-0.3, -0.25) is 0 Å². The van der Waals surface area contributed by atoms with Crippen LogP contribution in [0.2, 0.25) is 0 Å². The van der Waals surface area contributed by atoms with E-state index in [1.54, 1.807) is 13.2 Å². The number of methoxy groups -OCH3 is 1. The van der Waals surface area contributed by atoms with Crippen LogP contribution in [-0.2, 0) is 9.47 Å². The summed E-state index contributed by atoms with van der Waals surface area (Å²) in [5.41, 5.74) is 1.39. The van der Waals surface area contributed by atoms with Crippen molar-refractivity contribution in [2.24, 2.45) is 22.7 Å². The summed E-state index contributed by atoms with van der Waals surface area (Å²) in [7, 11) is 1.59. The molecule has 4 rings (SSSR count). The zero-order valence-electron chi connectivity index (χ0n) is 16.5. The van der Waals surface area contributed by atoms with E-state index >= 15 is 0 Å². The van der Waals surface area contributed by atoms with Gasteiger partial charge in [0.15, 0.2) is 6.29 Å². The smallest absolute Gasteiger partial charge is 0.187 e. The number of benzene rings is 1. The van der Waals surface area contributed by atoms with Crippen molar-refractivity contribution in [3.63, 3.8) is 0 Å². The van der Waals surface area contributed by atoms with Gasteiger partial charge in [0.2, 0.25) is 0 Å². The lowest BCUT2D eigenvalue weighted by atomic mass is 9.48. The van der Waals surface area contributed by atoms with Gasteiger partial charge in [-0.05, 0) is 54.6 Å². The Balaban J connectivity index is 1.54. The Morgan fingerprint density at radius 2 is 1.96 bits per heavy atom. The molecule has 1 heterocycles. The van der Waals surface area contributed by atoms with Gasteiger partial charge in [-0.15, -0.1) is 0 Å². The van der Waals surface area contributed by atoms with Crippen molar-refractivity contribution in [3.05, 3.63) is 23.8 Å². The van der Waals surface area contributed by atoms with Crippen LogP contribution in [0.5, 0.6) is 11.5 Å². The van der Waals surface area contributed by atoms with Gasteiger partial charge in [0.25, 0.3) is 0 Å². The van der Waals surface area contributed by atoms with Gasteiger partial charge < -0.3 is 19.3 Å². The normalized spacial score (nSPS) is 38.9. The van der Waals surface area contributed by atoms with Crippen LogP contribution in [0.4, 0.5) is 0 Å². The van der Waals surface area contributed by atoms with E-state index in [0.717, 1.165) is 12.3 Å². The molecule has 3 fully saturated rings. The molecule has 26 heavy (non-hydrogen) atoms. The second kappa shape index (κ2) is 6.42. The first-order chi connectivity index (χ1) is 12.3. The summed E-state index contributed by atoms with van der Waals surface area (Å²) in [5, 5.41) is 10.3. The first kappa shape index (κ1) is 18.1. The average Bonchev–Trinajstić information content (AvgIpc) is 2.60. The third-order valence-electron chi connectivity index (χ3n) is 7.53. The molecule has 1 N–H and O–H groups in total. The van der Waals surface area contributed by atoms with Gasteiger partial charge in [0.05, 0.1) is 19.8 Å². The number of ether oxygens (including phenoxy) is 3. The Morgan fingerprint density at radius 1 is 1.15 bits per heavy atom. The fraction of sp³-hybridized carbons (Fsp3) is 0.727. The number of aromatic hydroxyl groups is 1. The average molecular weight is 360 g/mol. The molecule has 2 saturated carbocycles. The van der Waals surface area contributed by atoms with E-state index in [1.165, 1.54) is 25.7 Å². The van der Waals surface area contributed by atoms with Crippen LogP contribution in [0, 0.1) is 22.7 Å². The summed E-state index contributed by atoms with van der Waals surface area (Å²) >= 11 is 0. The minimum Gasteiger partial charge on any atom is -0.507 e. The third-order valence-corrected chi connectivity index (χ3v) is 7.53. The number of hydrogen-bond donors (Lipinski definition) is 1. The zero-order valence-corrected chi connectivity index (χ0v) is 16.5. The third kappa shape index (κ3) is 2.82. The number of phenolic OH excluding ortho intramolecular Hbond substituents is 1. The Bertz CT molecular complexity index is 670. The van der Waals surface area contributed by atoms with Gasteiger partial charge in [-0.25, -0.2) is 0 Å². The molecule has 0 bridgehead atoms. The monoisotopic (exact) mass is 360 g/mol. The molecule has 4 nitrogen and oxygen atoms in total. The van der Waals surface area contributed by atoms with Crippen LogP contribution in [0.25, 0.3) is 0 Å². The quantitative estimate of drug-likeness (QED) is 0.801. The predicted octanol–water partition coefficient (Wildman–Crippen LogP) is 5.06. The molecule has 4 heteroatoms. The Labute approximate surface area is 156 Å². The van der Waals surface area contributed by atoms with Crippen LogP contribution in [0.15, 0.2) is 18.2 Å². The van der Waals surface area contributed by atoms with Crippen molar-refractivity contribution in [1.29, 1.82) is 0 Å². The maximum Gasteiger partial charge on any atom is 0.187 e. The van der Waals surface area contributed by atoms with Crippen molar-refractivity contribution in [1.82, 2.24) is 0 Å². The summed E-state index contributed by atoms with van der Waals surface area (Å²) in [4.78, 5) is 0. The van der Waals surface area contributed by atoms with Gasteiger partial charge in [-0.1, -0.05) is 27.2 Å². The molecule has 2 aliphatic carbocycles. The SMILES string of the molecule is COc1ccc([C@H]2OC[C@H]3[C@@H](CCC4C(C)(C)CCC[C@@]43C)O2)c(O)c1. The zero-order chi connectivity index (χ0) is 18.5. The molecule has 0 spiro atoms. The van der Waals surface area contributed by atoms with E-state index in [4.69, 9.17) is 14.2 Å². The van der Waals surface area contributed by atoms with E-state index in [9.17, 15) is 5.11 Å². The first-order valence-corrected chi connectivity index (χ1v) is 9.99. The van der Waals surface area contributed by atoms with Crippen LogP contribution in [0.3, 0.4) is 0 Å². The molecular weight excluding hydrogens is 328 g/mol. The van der Waals surface area contributed by atoms with Crippen molar-refractivity contribution in [2.75, 3.05) is 13.7 Å². The largest absolute Gasteiger partial charge is 0.507 e. The van der Waals surface area contributed by atoms with Crippen LogP contribution >= 0.6 is 0 Å². The van der Waals surface area contributed by atoms with Gasteiger partial charge in [-0.2, -0.15) is 0 Å². The highest BCUT2D eigenvalue weighted by Crippen LogP contribution is 2.61. The van der Waals surface area contributed by atoms with E-state index < -0.39 is 6.29 Å². The fourth-order valence-corrected chi connectivity index (χ4v) is 6.15. The number of rotatable bonds is 2. The molecule has 3 aliphatic rings. The van der Waals surface area contributed by atoms with Gasteiger partial charge in [0.1, 0.15) is 11.5 Å².